The third-order valence-electron chi connectivity index (χ3n) is 2.73. The highest BCUT2D eigenvalue weighted by molar-refractivity contribution is 4.72. The number of hydrogen-bond acceptors (Lipinski definition) is 2. The molecule has 1 N–H and O–H groups in total. The van der Waals surface area contributed by atoms with E-state index in [0.717, 1.165) is 25.7 Å². The average Bonchev–Trinajstić information content (AvgIpc) is 2.99. The predicted octanol–water partition coefficient (Wildman–Crippen LogP) is 2.58. The van der Waals surface area contributed by atoms with Gasteiger partial charge in [0.1, 0.15) is 0 Å². The van der Waals surface area contributed by atoms with Crippen molar-refractivity contribution in [3.63, 3.8) is 0 Å². The van der Waals surface area contributed by atoms with Gasteiger partial charge in [-0.25, -0.2) is 0 Å². The number of unbranched alkanes of at least 4 members (excludes halogenated alkanes) is 1. The van der Waals surface area contributed by atoms with E-state index in [4.69, 9.17) is 4.74 Å². The number of hydrogen-bond donors (Lipinski definition) is 1. The van der Waals surface area contributed by atoms with Crippen LogP contribution in [0.4, 0.5) is 0 Å². The first-order valence-electron chi connectivity index (χ1n) is 6.22. The van der Waals surface area contributed by atoms with Crippen LogP contribution in [0.15, 0.2) is 0 Å². The molecule has 0 heterocycles. The van der Waals surface area contributed by atoms with E-state index in [9.17, 15) is 0 Å². The first-order valence-corrected chi connectivity index (χ1v) is 6.22. The Morgan fingerprint density at radius 1 is 1.14 bits per heavy atom. The highest BCUT2D eigenvalue weighted by Crippen LogP contribution is 2.33. The maximum atomic E-state index is 5.45. The Kier molecular flexibility index (Phi) is 7.06. The van der Waals surface area contributed by atoms with Crippen molar-refractivity contribution in [1.29, 1.82) is 0 Å². The van der Waals surface area contributed by atoms with E-state index in [-0.39, 0.29) is 0 Å². The summed E-state index contributed by atoms with van der Waals surface area (Å²) in [5.41, 5.74) is 0. The van der Waals surface area contributed by atoms with Gasteiger partial charge < -0.3 is 10.1 Å². The van der Waals surface area contributed by atoms with E-state index in [2.05, 4.69) is 12.2 Å². The molecule has 0 aromatic heterocycles. The second-order valence-electron chi connectivity index (χ2n) is 4.30. The topological polar surface area (TPSA) is 21.3 Å². The molecule has 1 aliphatic carbocycles. The molecular weight excluding hydrogens is 174 g/mol. The maximum Gasteiger partial charge on any atom is 0.0590 e. The van der Waals surface area contributed by atoms with Crippen LogP contribution in [0.5, 0.6) is 0 Å². The van der Waals surface area contributed by atoms with Gasteiger partial charge in [-0.2, -0.15) is 0 Å². The van der Waals surface area contributed by atoms with Crippen LogP contribution in [0.2, 0.25) is 0 Å². The molecule has 0 aromatic carbocycles. The van der Waals surface area contributed by atoms with Crippen LogP contribution in [0.1, 0.15) is 45.4 Å². The second kappa shape index (κ2) is 8.25. The zero-order valence-electron chi connectivity index (χ0n) is 9.56. The lowest BCUT2D eigenvalue weighted by Crippen LogP contribution is -2.21. The lowest BCUT2D eigenvalue weighted by atomic mass is 10.2. The molecule has 1 saturated carbocycles. The average molecular weight is 199 g/mol. The third kappa shape index (κ3) is 7.34. The van der Waals surface area contributed by atoms with Crippen molar-refractivity contribution >= 4 is 0 Å². The lowest BCUT2D eigenvalue weighted by molar-refractivity contribution is 0.133. The van der Waals surface area contributed by atoms with Gasteiger partial charge in [-0.1, -0.05) is 26.2 Å². The van der Waals surface area contributed by atoms with E-state index in [1.54, 1.807) is 0 Å². The summed E-state index contributed by atoms with van der Waals surface area (Å²) in [5, 5.41) is 3.42. The van der Waals surface area contributed by atoms with Gasteiger partial charge in [0.25, 0.3) is 0 Å². The molecular formula is C12H25NO. The predicted molar refractivity (Wildman–Crippen MR) is 60.6 cm³/mol. The molecule has 84 valence electrons. The fourth-order valence-electron chi connectivity index (χ4n) is 1.54. The van der Waals surface area contributed by atoms with Crippen LogP contribution in [0, 0.1) is 5.92 Å². The van der Waals surface area contributed by atoms with E-state index < -0.39 is 0 Å². The van der Waals surface area contributed by atoms with Crippen LogP contribution < -0.4 is 5.32 Å². The van der Waals surface area contributed by atoms with Gasteiger partial charge in [-0.05, 0) is 31.7 Å². The first kappa shape index (κ1) is 12.0. The lowest BCUT2D eigenvalue weighted by Gasteiger charge is -2.05. The van der Waals surface area contributed by atoms with Crippen LogP contribution in [0.3, 0.4) is 0 Å². The monoisotopic (exact) mass is 199 g/mol. The zero-order valence-corrected chi connectivity index (χ0v) is 9.56. The molecule has 1 aliphatic rings. The standard InChI is InChI=1S/C12H25NO/c1-2-3-10-14-11-9-13-8-4-5-12-6-7-12/h12-13H,2-11H2,1H3. The van der Waals surface area contributed by atoms with E-state index in [1.807, 2.05) is 0 Å². The Balaban J connectivity index is 1.63. The number of rotatable bonds is 10. The number of nitrogens with one attached hydrogen (secondary N) is 1. The summed E-state index contributed by atoms with van der Waals surface area (Å²) < 4.78 is 5.45. The summed E-state index contributed by atoms with van der Waals surface area (Å²) >= 11 is 0. The van der Waals surface area contributed by atoms with Crippen LogP contribution in [0.25, 0.3) is 0 Å². The minimum Gasteiger partial charge on any atom is -0.380 e. The van der Waals surface area contributed by atoms with E-state index in [0.29, 0.717) is 0 Å². The van der Waals surface area contributed by atoms with Crippen molar-refractivity contribution in [3.05, 3.63) is 0 Å². The van der Waals surface area contributed by atoms with E-state index in [1.165, 1.54) is 45.1 Å². The Morgan fingerprint density at radius 2 is 2.00 bits per heavy atom. The van der Waals surface area contributed by atoms with Crippen LogP contribution >= 0.6 is 0 Å². The quantitative estimate of drug-likeness (QED) is 0.546. The summed E-state index contributed by atoms with van der Waals surface area (Å²) in [6, 6.07) is 0. The number of ether oxygens (including phenoxy) is 1. The van der Waals surface area contributed by atoms with Gasteiger partial charge in [0.15, 0.2) is 0 Å². The fraction of sp³-hybridized carbons (Fsp3) is 1.00. The maximum absolute atomic E-state index is 5.45. The second-order valence-corrected chi connectivity index (χ2v) is 4.30. The van der Waals surface area contributed by atoms with Gasteiger partial charge in [0.2, 0.25) is 0 Å². The van der Waals surface area contributed by atoms with Gasteiger partial charge in [-0.3, -0.25) is 0 Å². The molecule has 0 unspecified atom stereocenters. The van der Waals surface area contributed by atoms with Crippen molar-refractivity contribution in [2.75, 3.05) is 26.3 Å². The molecule has 0 aromatic rings. The Bertz CT molecular complexity index is 123. The molecule has 2 heteroatoms. The molecule has 1 fully saturated rings. The third-order valence-corrected chi connectivity index (χ3v) is 2.73. The molecule has 0 bridgehead atoms. The molecule has 14 heavy (non-hydrogen) atoms. The molecule has 0 spiro atoms. The summed E-state index contributed by atoms with van der Waals surface area (Å²) in [7, 11) is 0. The molecule has 0 radical (unpaired) electrons. The largest absolute Gasteiger partial charge is 0.380 e. The van der Waals surface area contributed by atoms with Crippen molar-refractivity contribution < 1.29 is 4.74 Å². The highest BCUT2D eigenvalue weighted by Gasteiger charge is 2.19. The Hall–Kier alpha value is -0.0800. The Labute approximate surface area is 88.4 Å². The SMILES string of the molecule is CCCCOCCNCCCC1CC1. The van der Waals surface area contributed by atoms with Gasteiger partial charge >= 0.3 is 0 Å². The van der Waals surface area contributed by atoms with Gasteiger partial charge in [-0.15, -0.1) is 0 Å². The fourth-order valence-corrected chi connectivity index (χ4v) is 1.54. The molecule has 0 saturated heterocycles. The van der Waals surface area contributed by atoms with Crippen LogP contribution in [-0.4, -0.2) is 26.3 Å². The van der Waals surface area contributed by atoms with Gasteiger partial charge in [0.05, 0.1) is 6.61 Å². The summed E-state index contributed by atoms with van der Waals surface area (Å²) in [4.78, 5) is 0. The van der Waals surface area contributed by atoms with Crippen molar-refractivity contribution in [2.24, 2.45) is 5.92 Å². The first-order chi connectivity index (χ1) is 6.93. The van der Waals surface area contributed by atoms with Crippen molar-refractivity contribution in [3.8, 4) is 0 Å². The normalized spacial score (nSPS) is 16.1. The molecule has 0 aliphatic heterocycles. The molecule has 0 amide bonds. The summed E-state index contributed by atoms with van der Waals surface area (Å²) in [6.45, 7) is 6.20. The summed E-state index contributed by atoms with van der Waals surface area (Å²) in [5.74, 6) is 1.08. The smallest absolute Gasteiger partial charge is 0.0590 e. The molecule has 1 rings (SSSR count). The minimum absolute atomic E-state index is 0.878. The van der Waals surface area contributed by atoms with Gasteiger partial charge in [0, 0.05) is 13.2 Å². The molecule has 0 atom stereocenters. The zero-order chi connectivity index (χ0) is 10.1. The van der Waals surface area contributed by atoms with Crippen molar-refractivity contribution in [2.45, 2.75) is 45.4 Å². The Morgan fingerprint density at radius 3 is 2.71 bits per heavy atom. The highest BCUT2D eigenvalue weighted by atomic mass is 16.5. The molecule has 2 nitrogen and oxygen atoms in total. The van der Waals surface area contributed by atoms with Crippen LogP contribution in [-0.2, 0) is 4.74 Å². The van der Waals surface area contributed by atoms with Crippen molar-refractivity contribution in [1.82, 2.24) is 5.32 Å². The minimum atomic E-state index is 0.878. The van der Waals surface area contributed by atoms with E-state index >= 15 is 0 Å². The summed E-state index contributed by atoms with van der Waals surface area (Å²) in [6.07, 6.45) is 8.18.